The third-order valence-electron chi connectivity index (χ3n) is 5.02. The number of ether oxygens (including phenoxy) is 1. The van der Waals surface area contributed by atoms with E-state index in [0.29, 0.717) is 18.8 Å². The number of aliphatic imine (C=N–C) groups is 1. The third kappa shape index (κ3) is 3.64. The Bertz CT molecular complexity index is 858. The molecule has 0 saturated carbocycles. The number of anilines is 1. The van der Waals surface area contributed by atoms with Crippen molar-refractivity contribution in [1.29, 1.82) is 0 Å². The lowest BCUT2D eigenvalue weighted by Crippen LogP contribution is -2.56. The highest BCUT2D eigenvalue weighted by molar-refractivity contribution is 6.00. The number of rotatable bonds is 2. The van der Waals surface area contributed by atoms with Crippen LogP contribution in [0.3, 0.4) is 0 Å². The summed E-state index contributed by atoms with van der Waals surface area (Å²) in [5.41, 5.74) is 1.32. The molecule has 1 spiro atoms. The number of benzene rings is 2. The lowest BCUT2D eigenvalue weighted by Gasteiger charge is -2.42. The Labute approximate surface area is 155 Å². The van der Waals surface area contributed by atoms with Gasteiger partial charge >= 0.3 is 6.18 Å². The molecule has 142 valence electrons. The predicted molar refractivity (Wildman–Crippen MR) is 98.2 cm³/mol. The molecule has 0 atom stereocenters. The summed E-state index contributed by atoms with van der Waals surface area (Å²) in [6.07, 6.45) is -2.85. The fourth-order valence-corrected chi connectivity index (χ4v) is 3.56. The standard InChI is InChI=1S/C20H20F3N3O/c21-20(22,23)15-5-3-4-14(12-15)13-24-18-19(8-10-27-11-9-19)26-17-7-2-1-6-16(17)25-18/h1-7,12,26H,8-11,13H2,(H,24,25). The zero-order valence-electron chi connectivity index (χ0n) is 14.6. The maximum Gasteiger partial charge on any atom is 0.416 e. The Hall–Kier alpha value is -2.54. The molecular formula is C20H20F3N3O. The first-order chi connectivity index (χ1) is 13.0. The Morgan fingerprint density at radius 2 is 1.85 bits per heavy atom. The highest BCUT2D eigenvalue weighted by atomic mass is 19.4. The number of hydrogen-bond donors (Lipinski definition) is 2. The van der Waals surface area contributed by atoms with E-state index in [2.05, 4.69) is 10.6 Å². The molecular weight excluding hydrogens is 355 g/mol. The molecule has 0 aliphatic carbocycles. The van der Waals surface area contributed by atoms with Crippen molar-refractivity contribution in [2.75, 3.05) is 18.5 Å². The van der Waals surface area contributed by atoms with Gasteiger partial charge in [0.15, 0.2) is 0 Å². The molecule has 2 N–H and O–H groups in total. The van der Waals surface area contributed by atoms with Crippen LogP contribution in [0.1, 0.15) is 24.0 Å². The number of alkyl halides is 3. The Balaban J connectivity index is 1.60. The molecule has 27 heavy (non-hydrogen) atoms. The monoisotopic (exact) mass is 375 g/mol. The van der Waals surface area contributed by atoms with E-state index in [0.717, 1.165) is 36.1 Å². The quantitative estimate of drug-likeness (QED) is 0.812. The van der Waals surface area contributed by atoms with Crippen molar-refractivity contribution in [3.05, 3.63) is 59.7 Å². The van der Waals surface area contributed by atoms with Crippen LogP contribution in [-0.4, -0.2) is 24.6 Å². The van der Waals surface area contributed by atoms with Gasteiger partial charge in [0.2, 0.25) is 0 Å². The van der Waals surface area contributed by atoms with Crippen LogP contribution in [0.4, 0.5) is 24.5 Å². The zero-order valence-corrected chi connectivity index (χ0v) is 14.6. The summed E-state index contributed by atoms with van der Waals surface area (Å²) in [6, 6.07) is 13.1. The van der Waals surface area contributed by atoms with Crippen LogP contribution < -0.4 is 10.6 Å². The van der Waals surface area contributed by atoms with E-state index < -0.39 is 11.7 Å². The molecule has 0 unspecified atom stereocenters. The fraction of sp³-hybridized carbons (Fsp3) is 0.350. The molecule has 0 aromatic heterocycles. The number of nitrogens with one attached hydrogen (secondary N) is 2. The van der Waals surface area contributed by atoms with E-state index >= 15 is 0 Å². The largest absolute Gasteiger partial charge is 0.416 e. The van der Waals surface area contributed by atoms with Crippen LogP contribution in [0.5, 0.6) is 0 Å². The maximum atomic E-state index is 12.9. The van der Waals surface area contributed by atoms with E-state index in [9.17, 15) is 13.2 Å². The number of halogens is 3. The molecule has 4 rings (SSSR count). The predicted octanol–water partition coefficient (Wildman–Crippen LogP) is 4.50. The molecule has 0 amide bonds. The van der Waals surface area contributed by atoms with E-state index in [4.69, 9.17) is 9.73 Å². The van der Waals surface area contributed by atoms with Crippen molar-refractivity contribution in [2.24, 2.45) is 4.99 Å². The first-order valence-electron chi connectivity index (χ1n) is 8.90. The normalized spacial score (nSPS) is 18.4. The minimum atomic E-state index is -4.35. The topological polar surface area (TPSA) is 45.7 Å². The second-order valence-electron chi connectivity index (χ2n) is 6.85. The summed E-state index contributed by atoms with van der Waals surface area (Å²) in [6.45, 7) is 1.49. The number of amidine groups is 1. The molecule has 7 heteroatoms. The van der Waals surface area contributed by atoms with E-state index in [-0.39, 0.29) is 12.1 Å². The van der Waals surface area contributed by atoms with Gasteiger partial charge < -0.3 is 15.4 Å². The molecule has 2 aromatic rings. The maximum absolute atomic E-state index is 12.9. The highest BCUT2D eigenvalue weighted by Crippen LogP contribution is 2.37. The van der Waals surface area contributed by atoms with Crippen LogP contribution >= 0.6 is 0 Å². The molecule has 2 aliphatic heterocycles. The molecule has 1 fully saturated rings. The van der Waals surface area contributed by atoms with E-state index in [1.165, 1.54) is 12.1 Å². The lowest BCUT2D eigenvalue weighted by atomic mass is 9.86. The summed E-state index contributed by atoms with van der Waals surface area (Å²) in [7, 11) is 0. The number of nitrogens with zero attached hydrogens (tertiary/aromatic N) is 1. The zero-order chi connectivity index (χ0) is 18.9. The summed E-state index contributed by atoms with van der Waals surface area (Å²) < 4.78 is 44.3. The van der Waals surface area contributed by atoms with Gasteiger partial charge in [-0.05, 0) is 29.8 Å². The molecule has 1 saturated heterocycles. The number of para-hydroxylation sites is 2. The van der Waals surface area contributed by atoms with Gasteiger partial charge in [-0.1, -0.05) is 24.3 Å². The van der Waals surface area contributed by atoms with Gasteiger partial charge in [-0.25, -0.2) is 4.99 Å². The second-order valence-corrected chi connectivity index (χ2v) is 6.85. The van der Waals surface area contributed by atoms with Crippen molar-refractivity contribution < 1.29 is 17.9 Å². The molecule has 0 bridgehead atoms. The van der Waals surface area contributed by atoms with Crippen LogP contribution in [0.25, 0.3) is 0 Å². The number of hydrogen-bond acceptors (Lipinski definition) is 4. The van der Waals surface area contributed by atoms with Crippen molar-refractivity contribution in [1.82, 2.24) is 5.32 Å². The summed E-state index contributed by atoms with van der Waals surface area (Å²) >= 11 is 0. The van der Waals surface area contributed by atoms with Gasteiger partial charge in [0, 0.05) is 32.6 Å². The van der Waals surface area contributed by atoms with Crippen LogP contribution in [0.15, 0.2) is 53.5 Å². The second kappa shape index (κ2) is 6.88. The van der Waals surface area contributed by atoms with Gasteiger partial charge in [0.1, 0.15) is 5.84 Å². The SMILES string of the molecule is FC(F)(F)c1cccc(CNC2=Nc3ccccc3NC23CCOCC3)c1. The molecule has 2 aliphatic rings. The van der Waals surface area contributed by atoms with Gasteiger partial charge in [-0.2, -0.15) is 13.2 Å². The summed E-state index contributed by atoms with van der Waals surface area (Å²) in [4.78, 5) is 4.77. The van der Waals surface area contributed by atoms with Crippen LogP contribution in [0, 0.1) is 0 Å². The lowest BCUT2D eigenvalue weighted by molar-refractivity contribution is -0.137. The molecule has 0 radical (unpaired) electrons. The molecule has 2 heterocycles. The number of fused-ring (bicyclic) bond motifs is 1. The van der Waals surface area contributed by atoms with Crippen LogP contribution in [-0.2, 0) is 17.5 Å². The summed E-state index contributed by atoms with van der Waals surface area (Å²) in [5.74, 6) is 0.752. The average Bonchev–Trinajstić information content (AvgIpc) is 2.66. The van der Waals surface area contributed by atoms with Crippen LogP contribution in [0.2, 0.25) is 0 Å². The highest BCUT2D eigenvalue weighted by Gasteiger charge is 2.40. The smallest absolute Gasteiger partial charge is 0.381 e. The Kier molecular flexibility index (Phi) is 4.55. The fourth-order valence-electron chi connectivity index (χ4n) is 3.56. The molecule has 2 aromatic carbocycles. The minimum Gasteiger partial charge on any atom is -0.381 e. The van der Waals surface area contributed by atoms with Crippen molar-refractivity contribution in [3.63, 3.8) is 0 Å². The average molecular weight is 375 g/mol. The van der Waals surface area contributed by atoms with Crippen molar-refractivity contribution >= 4 is 17.2 Å². The third-order valence-corrected chi connectivity index (χ3v) is 5.02. The minimum absolute atomic E-state index is 0.273. The van der Waals surface area contributed by atoms with Gasteiger partial charge in [0.05, 0.1) is 22.5 Å². The van der Waals surface area contributed by atoms with E-state index in [1.54, 1.807) is 6.07 Å². The first-order valence-corrected chi connectivity index (χ1v) is 8.90. The van der Waals surface area contributed by atoms with Gasteiger partial charge in [0.25, 0.3) is 0 Å². The van der Waals surface area contributed by atoms with Crippen molar-refractivity contribution in [2.45, 2.75) is 31.1 Å². The van der Waals surface area contributed by atoms with Crippen molar-refractivity contribution in [3.8, 4) is 0 Å². The Morgan fingerprint density at radius 3 is 2.63 bits per heavy atom. The first kappa shape index (κ1) is 17.9. The molecule has 4 nitrogen and oxygen atoms in total. The summed E-state index contributed by atoms with van der Waals surface area (Å²) in [5, 5.41) is 6.86. The van der Waals surface area contributed by atoms with E-state index in [1.807, 2.05) is 24.3 Å². The van der Waals surface area contributed by atoms with Gasteiger partial charge in [-0.3, -0.25) is 0 Å². The Morgan fingerprint density at radius 1 is 1.07 bits per heavy atom. The van der Waals surface area contributed by atoms with Gasteiger partial charge in [-0.15, -0.1) is 0 Å².